The van der Waals surface area contributed by atoms with E-state index in [0.29, 0.717) is 0 Å². The van der Waals surface area contributed by atoms with E-state index in [4.69, 9.17) is 9.63 Å². The summed E-state index contributed by atoms with van der Waals surface area (Å²) in [4.78, 5) is 33.8. The molecule has 11 heteroatoms. The molecule has 0 radical (unpaired) electrons. The number of hydrogen-bond donors (Lipinski definition) is 4. The molecule has 21 heavy (non-hydrogen) atoms. The van der Waals surface area contributed by atoms with Crippen LogP contribution in [0.3, 0.4) is 0 Å². The number of rotatable bonds is 4. The third-order valence-electron chi connectivity index (χ3n) is 3.22. The molecule has 0 aromatic carbocycles. The van der Waals surface area contributed by atoms with Crippen LogP contribution in [0.4, 0.5) is 0 Å². The normalized spacial score (nSPS) is 32.0. The first-order valence-electron chi connectivity index (χ1n) is 6.04. The molecule has 1 unspecified atom stereocenters. The molecule has 0 amide bonds. The minimum absolute atomic E-state index is 0.350. The average molecular weight is 338 g/mol. The highest BCUT2D eigenvalue weighted by molar-refractivity contribution is 8.44. The van der Waals surface area contributed by atoms with Gasteiger partial charge in [0.1, 0.15) is 12.3 Å². The minimum atomic E-state index is -3.98. The maximum atomic E-state index is 11.7. The molecule has 9 nitrogen and oxygen atoms in total. The Balaban J connectivity index is 2.18. The van der Waals surface area contributed by atoms with Gasteiger partial charge in [-0.1, -0.05) is 19.2 Å². The van der Waals surface area contributed by atoms with E-state index in [0.717, 1.165) is 10.6 Å². The molecule has 1 aliphatic heterocycles. The van der Waals surface area contributed by atoms with Crippen LogP contribution in [0.5, 0.6) is 0 Å². The summed E-state index contributed by atoms with van der Waals surface area (Å²) in [5.74, 6) is -0.486. The molecular formula is C10H15N2O7PS. The second-order valence-corrected chi connectivity index (χ2v) is 7.47. The predicted octanol–water partition coefficient (Wildman–Crippen LogP) is -0.522. The van der Waals surface area contributed by atoms with Crippen LogP contribution in [0.25, 0.3) is 0 Å². The van der Waals surface area contributed by atoms with Crippen LogP contribution in [-0.4, -0.2) is 38.4 Å². The molecule has 2 heterocycles. The molecule has 0 saturated carbocycles. The highest BCUT2D eigenvalue weighted by atomic mass is 32.7. The number of aromatic nitrogens is 2. The van der Waals surface area contributed by atoms with Crippen molar-refractivity contribution in [2.45, 2.75) is 25.4 Å². The van der Waals surface area contributed by atoms with Gasteiger partial charge in [-0.25, -0.2) is 9.36 Å². The maximum absolute atomic E-state index is 11.7. The largest absolute Gasteiger partial charge is 0.390 e. The number of nitrogens with one attached hydrogen (secondary N) is 1. The van der Waals surface area contributed by atoms with Gasteiger partial charge < -0.3 is 14.7 Å². The Hall–Kier alpha value is -0.900. The van der Waals surface area contributed by atoms with Gasteiger partial charge in [-0.15, -0.1) is 0 Å². The van der Waals surface area contributed by atoms with Crippen LogP contribution in [0, 0.1) is 5.92 Å². The molecule has 2 rings (SSSR count). The lowest BCUT2D eigenvalue weighted by Gasteiger charge is -2.17. The van der Waals surface area contributed by atoms with Crippen LogP contribution < -0.4 is 11.2 Å². The summed E-state index contributed by atoms with van der Waals surface area (Å²) < 4.78 is 22.2. The number of aliphatic hydroxyl groups is 1. The van der Waals surface area contributed by atoms with Gasteiger partial charge in [0.05, 0.1) is 12.7 Å². The van der Waals surface area contributed by atoms with Gasteiger partial charge in [0.25, 0.3) is 5.56 Å². The van der Waals surface area contributed by atoms with Gasteiger partial charge in [-0.2, -0.15) is 0 Å². The van der Waals surface area contributed by atoms with Gasteiger partial charge in [-0.3, -0.25) is 18.9 Å². The standard InChI is InChI=1S/C10H15N2O7PS/c1-5-8(14)6(4-18-20(16,17)21)19-9(5)12-3-2-7(13)11-10(12)15/h2-3,5-6,8-9,14H,4H2,1H3,(H,11,13,15)(H2,16,17,21)/t5-,6+,8-,9+/m0/s1. The number of aliphatic hydroxyl groups excluding tert-OH is 1. The fourth-order valence-electron chi connectivity index (χ4n) is 2.15. The van der Waals surface area contributed by atoms with Crippen LogP contribution in [-0.2, 0) is 13.8 Å². The molecule has 0 bridgehead atoms. The fraction of sp³-hybridized carbons (Fsp3) is 0.600. The van der Waals surface area contributed by atoms with Gasteiger partial charge in [0.15, 0.2) is 0 Å². The maximum Gasteiger partial charge on any atom is 0.383 e. The summed E-state index contributed by atoms with van der Waals surface area (Å²) in [6.07, 6.45) is -1.46. The van der Waals surface area contributed by atoms with Crippen molar-refractivity contribution in [3.63, 3.8) is 0 Å². The summed E-state index contributed by atoms with van der Waals surface area (Å²) in [5.41, 5.74) is -1.21. The molecular weight excluding hydrogens is 323 g/mol. The third-order valence-corrected chi connectivity index (χ3v) is 4.05. The van der Waals surface area contributed by atoms with E-state index < -0.39 is 42.4 Å². The van der Waals surface area contributed by atoms with E-state index in [1.165, 1.54) is 6.20 Å². The Labute approximate surface area is 124 Å². The monoisotopic (exact) mass is 338 g/mol. The van der Waals surface area contributed by atoms with E-state index in [9.17, 15) is 19.3 Å². The lowest BCUT2D eigenvalue weighted by molar-refractivity contribution is -0.0435. The van der Waals surface area contributed by atoms with Gasteiger partial charge >= 0.3 is 12.5 Å². The van der Waals surface area contributed by atoms with Crippen LogP contribution in [0.1, 0.15) is 13.2 Å². The van der Waals surface area contributed by atoms with E-state index in [1.807, 2.05) is 0 Å². The first-order valence-corrected chi connectivity index (χ1v) is 8.77. The van der Waals surface area contributed by atoms with Crippen LogP contribution in [0.2, 0.25) is 0 Å². The Morgan fingerprint density at radius 3 is 2.81 bits per heavy atom. The van der Waals surface area contributed by atoms with E-state index >= 15 is 0 Å². The van der Waals surface area contributed by atoms with E-state index in [1.54, 1.807) is 6.92 Å². The van der Waals surface area contributed by atoms with Crippen molar-refractivity contribution in [1.82, 2.24) is 9.55 Å². The SMILES string of the molecule is C[C@H]1[C@H](O)[C@@H](COP(=O)(O)S)O[C@H]1n1ccc(=O)[nH]c1=O. The van der Waals surface area contributed by atoms with Gasteiger partial charge in [-0.05, 0) is 0 Å². The van der Waals surface area contributed by atoms with Gasteiger partial charge in [0.2, 0.25) is 0 Å². The lowest BCUT2D eigenvalue weighted by atomic mass is 10.0. The van der Waals surface area contributed by atoms with Crippen molar-refractivity contribution in [2.75, 3.05) is 6.61 Å². The molecule has 1 aromatic heterocycles. The van der Waals surface area contributed by atoms with Crippen molar-refractivity contribution < 1.29 is 23.8 Å². The Morgan fingerprint density at radius 1 is 1.57 bits per heavy atom. The minimum Gasteiger partial charge on any atom is -0.390 e. The first kappa shape index (κ1) is 16.5. The fourth-order valence-corrected chi connectivity index (χ4v) is 2.69. The molecule has 0 aliphatic carbocycles. The highest BCUT2D eigenvalue weighted by Crippen LogP contribution is 2.47. The molecule has 1 saturated heterocycles. The smallest absolute Gasteiger partial charge is 0.383 e. The number of H-pyrrole nitrogens is 1. The Morgan fingerprint density at radius 2 is 2.24 bits per heavy atom. The van der Waals surface area contributed by atoms with Crippen LogP contribution in [0.15, 0.2) is 21.9 Å². The summed E-state index contributed by atoms with van der Waals surface area (Å²) in [5, 5.41) is 10.0. The van der Waals surface area contributed by atoms with Crippen molar-refractivity contribution in [1.29, 1.82) is 0 Å². The molecule has 1 aromatic rings. The molecule has 0 spiro atoms. The summed E-state index contributed by atoms with van der Waals surface area (Å²) in [6.45, 7) is -2.69. The van der Waals surface area contributed by atoms with Crippen LogP contribution >= 0.6 is 19.0 Å². The van der Waals surface area contributed by atoms with Crippen molar-refractivity contribution in [3.8, 4) is 0 Å². The zero-order valence-corrected chi connectivity index (χ0v) is 12.7. The van der Waals surface area contributed by atoms with Crippen molar-refractivity contribution in [2.24, 2.45) is 5.92 Å². The van der Waals surface area contributed by atoms with E-state index in [2.05, 4.69) is 21.8 Å². The molecule has 1 fully saturated rings. The number of nitrogens with zero attached hydrogens (tertiary/aromatic N) is 1. The van der Waals surface area contributed by atoms with Gasteiger partial charge in [0, 0.05) is 18.2 Å². The molecule has 118 valence electrons. The second-order valence-electron chi connectivity index (χ2n) is 4.72. The lowest BCUT2D eigenvalue weighted by Crippen LogP contribution is -2.33. The summed E-state index contributed by atoms with van der Waals surface area (Å²) >= 11 is 3.36. The second kappa shape index (κ2) is 6.07. The number of hydrogen-bond acceptors (Lipinski definition) is 6. The number of ether oxygens (including phenoxy) is 1. The summed E-state index contributed by atoms with van der Waals surface area (Å²) in [6, 6.07) is 1.16. The van der Waals surface area contributed by atoms with Crippen molar-refractivity contribution >= 4 is 19.0 Å². The quantitative estimate of drug-likeness (QED) is 0.429. The highest BCUT2D eigenvalue weighted by Gasteiger charge is 2.42. The zero-order valence-electron chi connectivity index (χ0n) is 10.9. The zero-order chi connectivity index (χ0) is 15.8. The van der Waals surface area contributed by atoms with E-state index in [-0.39, 0.29) is 6.61 Å². The van der Waals surface area contributed by atoms with Crippen molar-refractivity contribution in [3.05, 3.63) is 33.1 Å². The molecule has 5 atom stereocenters. The number of aromatic amines is 1. The average Bonchev–Trinajstić information content (AvgIpc) is 2.64. The molecule has 1 aliphatic rings. The number of thiol groups is 1. The topological polar surface area (TPSA) is 131 Å². The predicted molar refractivity (Wildman–Crippen MR) is 75.2 cm³/mol. The third kappa shape index (κ3) is 3.85. The Bertz CT molecular complexity index is 668. The first-order chi connectivity index (χ1) is 9.69. The summed E-state index contributed by atoms with van der Waals surface area (Å²) in [7, 11) is 0. The Kier molecular flexibility index (Phi) is 4.76. The molecule has 3 N–H and O–H groups in total.